The predicted molar refractivity (Wildman–Crippen MR) is 73.5 cm³/mol. The fraction of sp³-hybridized carbons (Fsp3) is 0.750. The van der Waals surface area contributed by atoms with E-state index in [-0.39, 0.29) is 5.54 Å². The van der Waals surface area contributed by atoms with Crippen molar-refractivity contribution in [3.8, 4) is 0 Å². The molecule has 1 N–H and O–H groups in total. The molecule has 0 radical (unpaired) electrons. The van der Waals surface area contributed by atoms with Gasteiger partial charge >= 0.3 is 0 Å². The molecule has 19 heavy (non-hydrogen) atoms. The molecule has 104 valence electrons. The Balaban J connectivity index is 1.97. The van der Waals surface area contributed by atoms with Gasteiger partial charge in [-0.1, -0.05) is 18.3 Å². The van der Waals surface area contributed by atoms with E-state index in [2.05, 4.69) is 36.3 Å². The van der Waals surface area contributed by atoms with Crippen LogP contribution in [0.15, 0.2) is 0 Å². The molecule has 1 unspecified atom stereocenters. The highest BCUT2D eigenvalue weighted by atomic mass is 32.1. The molecular formula is C12H19N5OS. The molecule has 1 aliphatic rings. The molecule has 7 heteroatoms. The summed E-state index contributed by atoms with van der Waals surface area (Å²) in [7, 11) is 0. The maximum Gasteiger partial charge on any atom is 0.234 e. The topological polar surface area (TPSA) is 64.3 Å². The standard InChI is InChI=1S/C12H19N5OS/c1-4-13-12(2,3)10-16-17-9(8-5-6-18-7-8)14-15-11(17)19-10/h8,13H,4-7H2,1-3H3. The highest BCUT2D eigenvalue weighted by molar-refractivity contribution is 7.16. The Morgan fingerprint density at radius 3 is 3.00 bits per heavy atom. The number of ether oxygens (including phenoxy) is 1. The van der Waals surface area contributed by atoms with Crippen LogP contribution in [0.1, 0.15) is 43.9 Å². The first kappa shape index (κ1) is 13.0. The van der Waals surface area contributed by atoms with Crippen molar-refractivity contribution in [2.45, 2.75) is 38.6 Å². The smallest absolute Gasteiger partial charge is 0.234 e. The van der Waals surface area contributed by atoms with Gasteiger partial charge in [0.05, 0.1) is 12.1 Å². The van der Waals surface area contributed by atoms with E-state index < -0.39 is 0 Å². The lowest BCUT2D eigenvalue weighted by molar-refractivity contribution is 0.193. The molecule has 2 aromatic heterocycles. The van der Waals surface area contributed by atoms with Gasteiger partial charge in [0.25, 0.3) is 0 Å². The van der Waals surface area contributed by atoms with E-state index in [9.17, 15) is 0 Å². The van der Waals surface area contributed by atoms with E-state index in [4.69, 9.17) is 9.84 Å². The van der Waals surface area contributed by atoms with E-state index in [1.54, 1.807) is 11.3 Å². The van der Waals surface area contributed by atoms with Gasteiger partial charge in [0.15, 0.2) is 5.82 Å². The Labute approximate surface area is 116 Å². The molecule has 1 fully saturated rings. The molecular weight excluding hydrogens is 262 g/mol. The molecule has 1 saturated heterocycles. The molecule has 1 atom stereocenters. The zero-order chi connectivity index (χ0) is 13.5. The first-order valence-electron chi connectivity index (χ1n) is 6.67. The van der Waals surface area contributed by atoms with Crippen LogP contribution < -0.4 is 5.32 Å². The first-order valence-corrected chi connectivity index (χ1v) is 7.49. The summed E-state index contributed by atoms with van der Waals surface area (Å²) in [5, 5.41) is 17.7. The number of hydrogen-bond acceptors (Lipinski definition) is 6. The highest BCUT2D eigenvalue weighted by Gasteiger charge is 2.28. The molecule has 6 nitrogen and oxygen atoms in total. The second-order valence-corrected chi connectivity index (χ2v) is 6.33. The van der Waals surface area contributed by atoms with Crippen LogP contribution in [0.4, 0.5) is 0 Å². The van der Waals surface area contributed by atoms with Gasteiger partial charge in [0.1, 0.15) is 5.01 Å². The zero-order valence-electron chi connectivity index (χ0n) is 11.5. The van der Waals surface area contributed by atoms with Crippen LogP contribution >= 0.6 is 11.3 Å². The highest BCUT2D eigenvalue weighted by Crippen LogP contribution is 2.29. The Hall–Kier alpha value is -1.05. The first-order chi connectivity index (χ1) is 9.12. The van der Waals surface area contributed by atoms with Gasteiger partial charge in [-0.05, 0) is 26.8 Å². The summed E-state index contributed by atoms with van der Waals surface area (Å²) in [5.41, 5.74) is -0.135. The number of nitrogens with one attached hydrogen (secondary N) is 1. The van der Waals surface area contributed by atoms with Crippen molar-refractivity contribution >= 4 is 16.3 Å². The Morgan fingerprint density at radius 2 is 2.32 bits per heavy atom. The van der Waals surface area contributed by atoms with Crippen LogP contribution in [-0.4, -0.2) is 39.6 Å². The minimum absolute atomic E-state index is 0.135. The molecule has 1 aliphatic heterocycles. The quantitative estimate of drug-likeness (QED) is 0.921. The molecule has 0 aliphatic carbocycles. The summed E-state index contributed by atoms with van der Waals surface area (Å²) in [4.78, 5) is 0.864. The number of nitrogens with zero attached hydrogens (tertiary/aromatic N) is 4. The molecule has 3 heterocycles. The number of hydrogen-bond donors (Lipinski definition) is 1. The fourth-order valence-corrected chi connectivity index (χ4v) is 3.32. The van der Waals surface area contributed by atoms with Gasteiger partial charge in [-0.2, -0.15) is 9.61 Å². The number of aromatic nitrogens is 4. The Bertz CT molecular complexity index is 570. The SMILES string of the molecule is CCNC(C)(C)c1nn2c(C3CCOC3)nnc2s1. The summed E-state index contributed by atoms with van der Waals surface area (Å²) in [5.74, 6) is 1.26. The second-order valence-electron chi connectivity index (χ2n) is 5.38. The monoisotopic (exact) mass is 281 g/mol. The van der Waals surface area contributed by atoms with Crippen molar-refractivity contribution in [3.05, 3.63) is 10.8 Å². The van der Waals surface area contributed by atoms with E-state index in [0.717, 1.165) is 42.0 Å². The Morgan fingerprint density at radius 1 is 1.47 bits per heavy atom. The zero-order valence-corrected chi connectivity index (χ0v) is 12.3. The molecule has 0 spiro atoms. The van der Waals surface area contributed by atoms with Crippen molar-refractivity contribution in [1.82, 2.24) is 25.1 Å². The van der Waals surface area contributed by atoms with Crippen LogP contribution in [-0.2, 0) is 10.3 Å². The van der Waals surface area contributed by atoms with Crippen LogP contribution in [0.25, 0.3) is 4.96 Å². The fourth-order valence-electron chi connectivity index (χ4n) is 2.39. The van der Waals surface area contributed by atoms with E-state index >= 15 is 0 Å². The van der Waals surface area contributed by atoms with Gasteiger partial charge in [-0.15, -0.1) is 10.2 Å². The van der Waals surface area contributed by atoms with Crippen molar-refractivity contribution in [1.29, 1.82) is 0 Å². The van der Waals surface area contributed by atoms with Crippen LogP contribution in [0.5, 0.6) is 0 Å². The van der Waals surface area contributed by atoms with E-state index in [0.29, 0.717) is 5.92 Å². The van der Waals surface area contributed by atoms with Crippen LogP contribution in [0.2, 0.25) is 0 Å². The minimum atomic E-state index is -0.135. The second kappa shape index (κ2) is 4.81. The van der Waals surface area contributed by atoms with Crippen LogP contribution in [0, 0.1) is 0 Å². The lowest BCUT2D eigenvalue weighted by Gasteiger charge is -2.22. The van der Waals surface area contributed by atoms with Gasteiger partial charge in [-0.3, -0.25) is 0 Å². The number of rotatable bonds is 4. The third kappa shape index (κ3) is 2.26. The summed E-state index contributed by atoms with van der Waals surface area (Å²) in [6.07, 6.45) is 1.00. The lowest BCUT2D eigenvalue weighted by Crippen LogP contribution is -2.36. The van der Waals surface area contributed by atoms with Gasteiger partial charge < -0.3 is 10.1 Å². The molecule has 0 amide bonds. The van der Waals surface area contributed by atoms with Crippen LogP contribution in [0.3, 0.4) is 0 Å². The maximum absolute atomic E-state index is 5.42. The molecule has 2 aromatic rings. The normalized spacial score (nSPS) is 20.5. The van der Waals surface area contributed by atoms with Crippen molar-refractivity contribution in [2.24, 2.45) is 0 Å². The summed E-state index contributed by atoms with van der Waals surface area (Å²) in [6, 6.07) is 0. The van der Waals surface area contributed by atoms with Gasteiger partial charge in [0, 0.05) is 12.5 Å². The molecule has 0 saturated carbocycles. The molecule has 0 aromatic carbocycles. The minimum Gasteiger partial charge on any atom is -0.381 e. The van der Waals surface area contributed by atoms with Crippen molar-refractivity contribution in [3.63, 3.8) is 0 Å². The summed E-state index contributed by atoms with van der Waals surface area (Å²) < 4.78 is 7.31. The Kier molecular flexibility index (Phi) is 3.28. The number of fused-ring (bicyclic) bond motifs is 1. The van der Waals surface area contributed by atoms with E-state index in [1.807, 2.05) is 4.52 Å². The summed E-state index contributed by atoms with van der Waals surface area (Å²) >= 11 is 1.60. The van der Waals surface area contributed by atoms with Crippen molar-refractivity contribution < 1.29 is 4.74 Å². The maximum atomic E-state index is 5.42. The molecule has 0 bridgehead atoms. The summed E-state index contributed by atoms with van der Waals surface area (Å²) in [6.45, 7) is 8.82. The third-order valence-electron chi connectivity index (χ3n) is 3.46. The predicted octanol–water partition coefficient (Wildman–Crippen LogP) is 1.53. The van der Waals surface area contributed by atoms with E-state index in [1.165, 1.54) is 0 Å². The average molecular weight is 281 g/mol. The average Bonchev–Trinajstić information content (AvgIpc) is 3.04. The lowest BCUT2D eigenvalue weighted by atomic mass is 10.1. The largest absolute Gasteiger partial charge is 0.381 e. The van der Waals surface area contributed by atoms with Gasteiger partial charge in [0.2, 0.25) is 4.96 Å². The molecule has 3 rings (SSSR count). The van der Waals surface area contributed by atoms with Gasteiger partial charge in [-0.25, -0.2) is 0 Å². The third-order valence-corrected chi connectivity index (χ3v) is 4.69. The van der Waals surface area contributed by atoms with Crippen molar-refractivity contribution in [2.75, 3.05) is 19.8 Å².